The first-order chi connectivity index (χ1) is 17.6. The number of hydrogen-bond acceptors (Lipinski definition) is 5. The molecule has 8 heteroatoms. The van der Waals surface area contributed by atoms with E-state index in [4.69, 9.17) is 4.74 Å². The van der Waals surface area contributed by atoms with Gasteiger partial charge in [-0.3, -0.25) is 9.59 Å². The van der Waals surface area contributed by atoms with Gasteiger partial charge in [0.25, 0.3) is 5.91 Å². The van der Waals surface area contributed by atoms with Gasteiger partial charge in [0.2, 0.25) is 10.0 Å². The first kappa shape index (κ1) is 24.2. The molecule has 0 saturated heterocycles. The van der Waals surface area contributed by atoms with Crippen molar-refractivity contribution in [3.63, 3.8) is 0 Å². The Labute approximate surface area is 217 Å². The zero-order valence-electron chi connectivity index (χ0n) is 21.5. The molecule has 3 aromatic rings. The SMILES string of the molecule is COc1ccc2c(c1)C1CC1(C(C)=O)Cn1c-2c(C2CCCCC2)c2ccc(C(=O)NS(C)(=O)=O)cc21. The number of carbonyl (C=O) groups excluding carboxylic acids is 2. The minimum Gasteiger partial charge on any atom is -0.497 e. The molecule has 2 aromatic carbocycles. The van der Waals surface area contributed by atoms with E-state index in [1.807, 2.05) is 12.1 Å². The molecule has 37 heavy (non-hydrogen) atoms. The Kier molecular flexibility index (Phi) is 5.53. The smallest absolute Gasteiger partial charge is 0.264 e. The number of aromatic nitrogens is 1. The van der Waals surface area contributed by atoms with Crippen LogP contribution in [0.3, 0.4) is 0 Å². The molecule has 2 heterocycles. The van der Waals surface area contributed by atoms with Gasteiger partial charge in [-0.25, -0.2) is 13.1 Å². The van der Waals surface area contributed by atoms with Crippen LogP contribution < -0.4 is 9.46 Å². The number of fused-ring (bicyclic) bond motifs is 7. The number of sulfonamides is 1. The number of benzene rings is 2. The standard InChI is InChI=1S/C29H32N2O5S/c1-17(32)29-15-24(29)23-14-20(36-2)10-12-21(23)27-26(18-7-5-4-6-8-18)22-11-9-19(13-25(22)31(27)16-29)28(33)30-37(3,34)35/h9-14,18,24H,4-8,15-16H2,1-3H3,(H,30,33). The van der Waals surface area contributed by atoms with Crippen molar-refractivity contribution in [1.82, 2.24) is 9.29 Å². The average molecular weight is 521 g/mol. The van der Waals surface area contributed by atoms with E-state index >= 15 is 0 Å². The van der Waals surface area contributed by atoms with Crippen molar-refractivity contribution in [3.8, 4) is 17.0 Å². The zero-order valence-corrected chi connectivity index (χ0v) is 22.3. The van der Waals surface area contributed by atoms with Crippen molar-refractivity contribution in [3.05, 3.63) is 53.1 Å². The van der Waals surface area contributed by atoms with Crippen LogP contribution in [0.25, 0.3) is 22.2 Å². The predicted octanol–water partition coefficient (Wildman–Crippen LogP) is 5.13. The lowest BCUT2D eigenvalue weighted by Crippen LogP contribution is -2.29. The molecule has 1 aromatic heterocycles. The number of methoxy groups -OCH3 is 1. The molecule has 2 fully saturated rings. The van der Waals surface area contributed by atoms with Gasteiger partial charge in [0.05, 0.1) is 24.5 Å². The topological polar surface area (TPSA) is 94.5 Å². The lowest BCUT2D eigenvalue weighted by molar-refractivity contribution is -0.122. The maximum Gasteiger partial charge on any atom is 0.264 e. The molecule has 7 nitrogen and oxygen atoms in total. The Bertz CT molecular complexity index is 1560. The van der Waals surface area contributed by atoms with Crippen molar-refractivity contribution in [2.24, 2.45) is 5.41 Å². The first-order valence-electron chi connectivity index (χ1n) is 13.0. The van der Waals surface area contributed by atoms with Gasteiger partial charge in [-0.1, -0.05) is 25.3 Å². The fourth-order valence-electron chi connectivity index (χ4n) is 6.85. The summed E-state index contributed by atoms with van der Waals surface area (Å²) in [7, 11) is -2.03. The molecule has 2 atom stereocenters. The van der Waals surface area contributed by atoms with Crippen molar-refractivity contribution in [2.45, 2.75) is 63.8 Å². The van der Waals surface area contributed by atoms with Crippen LogP contribution in [0.2, 0.25) is 0 Å². The molecule has 1 aliphatic heterocycles. The quantitative estimate of drug-likeness (QED) is 0.503. The fraction of sp³-hybridized carbons (Fsp3) is 0.448. The number of nitrogens with zero attached hydrogens (tertiary/aromatic N) is 1. The highest BCUT2D eigenvalue weighted by Gasteiger charge is 2.61. The molecule has 0 radical (unpaired) electrons. The molecule has 3 aliphatic rings. The molecular formula is C29H32N2O5S. The Morgan fingerprint density at radius 2 is 1.84 bits per heavy atom. The minimum absolute atomic E-state index is 0.126. The van der Waals surface area contributed by atoms with Crippen LogP contribution in [0, 0.1) is 5.41 Å². The van der Waals surface area contributed by atoms with Crippen LogP contribution in [0.4, 0.5) is 0 Å². The third kappa shape index (κ3) is 3.88. The monoisotopic (exact) mass is 520 g/mol. The summed E-state index contributed by atoms with van der Waals surface area (Å²) in [5.74, 6) is 0.822. The molecule has 0 spiro atoms. The van der Waals surface area contributed by atoms with E-state index in [9.17, 15) is 18.0 Å². The lowest BCUT2D eigenvalue weighted by atomic mass is 9.81. The van der Waals surface area contributed by atoms with Crippen LogP contribution in [0.15, 0.2) is 36.4 Å². The molecule has 2 saturated carbocycles. The van der Waals surface area contributed by atoms with E-state index in [0.29, 0.717) is 12.5 Å². The average Bonchev–Trinajstić information content (AvgIpc) is 3.54. The highest BCUT2D eigenvalue weighted by molar-refractivity contribution is 7.89. The zero-order chi connectivity index (χ0) is 26.1. The van der Waals surface area contributed by atoms with E-state index in [1.54, 1.807) is 26.2 Å². The fourth-order valence-corrected chi connectivity index (χ4v) is 7.30. The molecule has 194 valence electrons. The van der Waals surface area contributed by atoms with Gasteiger partial charge in [0.1, 0.15) is 11.5 Å². The number of Topliss-reactive ketones (excluding diaryl/α,β-unsaturated/α-hetero) is 1. The van der Waals surface area contributed by atoms with Gasteiger partial charge < -0.3 is 9.30 Å². The molecule has 1 amide bonds. The Hall–Kier alpha value is -3.13. The molecule has 1 N–H and O–H groups in total. The Balaban J connectivity index is 1.64. The number of carbonyl (C=O) groups is 2. The van der Waals surface area contributed by atoms with Gasteiger partial charge in [-0.2, -0.15) is 0 Å². The third-order valence-corrected chi connectivity index (χ3v) is 9.32. The largest absolute Gasteiger partial charge is 0.497 e. The van der Waals surface area contributed by atoms with Gasteiger partial charge in [0, 0.05) is 28.6 Å². The van der Waals surface area contributed by atoms with Crippen LogP contribution in [0.5, 0.6) is 5.75 Å². The molecule has 2 unspecified atom stereocenters. The second-order valence-electron chi connectivity index (χ2n) is 11.0. The van der Waals surface area contributed by atoms with Crippen molar-refractivity contribution in [1.29, 1.82) is 0 Å². The summed E-state index contributed by atoms with van der Waals surface area (Å²) in [5, 5.41) is 1.08. The van der Waals surface area contributed by atoms with E-state index in [2.05, 4.69) is 21.4 Å². The number of nitrogens with one attached hydrogen (secondary N) is 1. The second kappa shape index (κ2) is 8.45. The summed E-state index contributed by atoms with van der Waals surface area (Å²) in [4.78, 5) is 25.9. The molecule has 6 rings (SSSR count). The second-order valence-corrected chi connectivity index (χ2v) is 12.8. The number of ketones is 1. The van der Waals surface area contributed by atoms with Gasteiger partial charge >= 0.3 is 0 Å². The molecular weight excluding hydrogens is 488 g/mol. The Morgan fingerprint density at radius 1 is 1.08 bits per heavy atom. The van der Waals surface area contributed by atoms with Gasteiger partial charge in [-0.05, 0) is 79.5 Å². The highest BCUT2D eigenvalue weighted by atomic mass is 32.2. The van der Waals surface area contributed by atoms with Crippen molar-refractivity contribution >= 4 is 32.6 Å². The van der Waals surface area contributed by atoms with Crippen molar-refractivity contribution < 1.29 is 22.7 Å². The van der Waals surface area contributed by atoms with E-state index in [-0.39, 0.29) is 17.3 Å². The third-order valence-electron chi connectivity index (χ3n) is 8.76. The Morgan fingerprint density at radius 3 is 2.51 bits per heavy atom. The van der Waals surface area contributed by atoms with E-state index in [0.717, 1.165) is 59.0 Å². The number of ether oxygens (including phenoxy) is 1. The summed E-state index contributed by atoms with van der Waals surface area (Å²) < 4.78 is 33.4. The first-order valence-corrected chi connectivity index (χ1v) is 14.9. The molecule has 2 aliphatic carbocycles. The summed E-state index contributed by atoms with van der Waals surface area (Å²) in [5.41, 5.74) is 5.38. The maximum absolute atomic E-state index is 13.1. The number of hydrogen-bond donors (Lipinski definition) is 1. The number of rotatable bonds is 5. The van der Waals surface area contributed by atoms with Crippen LogP contribution in [-0.2, 0) is 21.4 Å². The van der Waals surface area contributed by atoms with Crippen LogP contribution in [-0.4, -0.2) is 38.0 Å². The molecule has 0 bridgehead atoms. The minimum atomic E-state index is -3.69. The normalized spacial score (nSPS) is 22.9. The van der Waals surface area contributed by atoms with E-state index in [1.165, 1.54) is 24.8 Å². The maximum atomic E-state index is 13.1. The van der Waals surface area contributed by atoms with Gasteiger partial charge in [-0.15, -0.1) is 0 Å². The summed E-state index contributed by atoms with van der Waals surface area (Å²) >= 11 is 0. The van der Waals surface area contributed by atoms with Gasteiger partial charge in [0.15, 0.2) is 0 Å². The summed E-state index contributed by atoms with van der Waals surface area (Å²) in [6.07, 6.45) is 7.58. The van der Waals surface area contributed by atoms with Crippen LogP contribution in [0.1, 0.15) is 78.8 Å². The lowest BCUT2D eigenvalue weighted by Gasteiger charge is -2.24. The van der Waals surface area contributed by atoms with Crippen molar-refractivity contribution in [2.75, 3.05) is 13.4 Å². The summed E-state index contributed by atoms with van der Waals surface area (Å²) in [6, 6.07) is 11.7. The summed E-state index contributed by atoms with van der Waals surface area (Å²) in [6.45, 7) is 2.23. The predicted molar refractivity (Wildman–Crippen MR) is 143 cm³/mol. The highest BCUT2D eigenvalue weighted by Crippen LogP contribution is 2.65. The number of amides is 1. The van der Waals surface area contributed by atoms with E-state index < -0.39 is 21.3 Å². The van der Waals surface area contributed by atoms with Crippen LogP contribution >= 0.6 is 0 Å².